The first-order valence-corrected chi connectivity index (χ1v) is 8.27. The highest BCUT2D eigenvalue weighted by atomic mass is 32.2. The zero-order valence-electron chi connectivity index (χ0n) is 10.6. The second kappa shape index (κ2) is 6.01. The van der Waals surface area contributed by atoms with Gasteiger partial charge in [-0.05, 0) is 31.1 Å². The molecule has 0 amide bonds. The fourth-order valence-corrected chi connectivity index (χ4v) is 3.61. The summed E-state index contributed by atoms with van der Waals surface area (Å²) in [7, 11) is -2.81. The van der Waals surface area contributed by atoms with Crippen LogP contribution in [0.4, 0.5) is 0 Å². The number of sulfone groups is 1. The molecule has 0 unspecified atom stereocenters. The normalized spacial score (nSPS) is 19.4. The summed E-state index contributed by atoms with van der Waals surface area (Å²) in [5, 5.41) is 3.31. The third kappa shape index (κ3) is 4.06. The van der Waals surface area contributed by atoms with E-state index in [2.05, 4.69) is 12.2 Å². The number of hydrogen-bond acceptors (Lipinski definition) is 3. The molecule has 16 heavy (non-hydrogen) atoms. The first-order valence-electron chi connectivity index (χ1n) is 6.45. The molecule has 1 aliphatic carbocycles. The largest absolute Gasteiger partial charge is 0.315 e. The minimum Gasteiger partial charge on any atom is -0.315 e. The van der Waals surface area contributed by atoms with Crippen LogP contribution < -0.4 is 5.32 Å². The van der Waals surface area contributed by atoms with Gasteiger partial charge in [0.25, 0.3) is 0 Å². The average Bonchev–Trinajstić information content (AvgIpc) is 2.15. The van der Waals surface area contributed by atoms with Gasteiger partial charge < -0.3 is 5.32 Å². The van der Waals surface area contributed by atoms with E-state index in [9.17, 15) is 8.42 Å². The van der Waals surface area contributed by atoms with Crippen LogP contribution in [0, 0.1) is 5.41 Å². The van der Waals surface area contributed by atoms with E-state index in [-0.39, 0.29) is 0 Å². The van der Waals surface area contributed by atoms with Crippen LogP contribution in [0.15, 0.2) is 0 Å². The molecule has 1 saturated carbocycles. The van der Waals surface area contributed by atoms with Crippen molar-refractivity contribution in [3.8, 4) is 0 Å². The molecule has 0 atom stereocenters. The van der Waals surface area contributed by atoms with Crippen LogP contribution in [0.2, 0.25) is 0 Å². The van der Waals surface area contributed by atoms with Gasteiger partial charge in [0, 0.05) is 18.8 Å². The smallest absolute Gasteiger partial charge is 0.151 e. The molecule has 0 aromatic carbocycles. The molecular weight excluding hydrogens is 222 g/mol. The van der Waals surface area contributed by atoms with Crippen molar-refractivity contribution in [2.75, 3.05) is 24.6 Å². The molecule has 1 fully saturated rings. The maximum Gasteiger partial charge on any atom is 0.151 e. The lowest BCUT2D eigenvalue weighted by atomic mass is 9.67. The first kappa shape index (κ1) is 14.0. The summed E-state index contributed by atoms with van der Waals surface area (Å²) in [4.78, 5) is 0. The van der Waals surface area contributed by atoms with Gasteiger partial charge in [-0.25, -0.2) is 8.42 Å². The van der Waals surface area contributed by atoms with E-state index in [1.807, 2.05) is 6.92 Å². The maximum atomic E-state index is 11.5. The molecule has 1 aliphatic rings. The molecule has 0 spiro atoms. The summed E-state index contributed by atoms with van der Waals surface area (Å²) < 4.78 is 22.9. The van der Waals surface area contributed by atoms with E-state index >= 15 is 0 Å². The molecule has 96 valence electrons. The molecule has 1 N–H and O–H groups in total. The standard InChI is InChI=1S/C12H25NO2S/c1-3-9-16(14,15)10-8-13-11-12(4-2)6-5-7-12/h13H,3-11H2,1-2H3. The third-order valence-electron chi connectivity index (χ3n) is 3.77. The lowest BCUT2D eigenvalue weighted by Gasteiger charge is -2.41. The van der Waals surface area contributed by atoms with Gasteiger partial charge >= 0.3 is 0 Å². The van der Waals surface area contributed by atoms with Crippen LogP contribution in [0.5, 0.6) is 0 Å². The van der Waals surface area contributed by atoms with Crippen LogP contribution >= 0.6 is 0 Å². The van der Waals surface area contributed by atoms with Crippen molar-refractivity contribution in [1.82, 2.24) is 5.32 Å². The van der Waals surface area contributed by atoms with Crippen molar-refractivity contribution in [1.29, 1.82) is 0 Å². The molecular formula is C12H25NO2S. The van der Waals surface area contributed by atoms with Crippen LogP contribution in [-0.4, -0.2) is 33.0 Å². The van der Waals surface area contributed by atoms with Crippen molar-refractivity contribution in [3.05, 3.63) is 0 Å². The lowest BCUT2D eigenvalue weighted by molar-refractivity contribution is 0.125. The van der Waals surface area contributed by atoms with E-state index in [0.717, 1.165) is 13.0 Å². The van der Waals surface area contributed by atoms with Gasteiger partial charge in [0.15, 0.2) is 9.84 Å². The van der Waals surface area contributed by atoms with Gasteiger partial charge in [-0.3, -0.25) is 0 Å². The van der Waals surface area contributed by atoms with Crippen LogP contribution in [0.25, 0.3) is 0 Å². The Balaban J connectivity index is 2.16. The molecule has 1 rings (SSSR count). The number of rotatable bonds is 8. The van der Waals surface area contributed by atoms with Crippen molar-refractivity contribution >= 4 is 9.84 Å². The molecule has 0 aromatic heterocycles. The average molecular weight is 247 g/mol. The Bertz CT molecular complexity index is 289. The summed E-state index contributed by atoms with van der Waals surface area (Å²) in [6, 6.07) is 0. The predicted octanol–water partition coefficient (Wildman–Crippen LogP) is 1.98. The zero-order valence-corrected chi connectivity index (χ0v) is 11.4. The maximum absolute atomic E-state index is 11.5. The fourth-order valence-electron chi connectivity index (χ4n) is 2.33. The summed E-state index contributed by atoms with van der Waals surface area (Å²) in [6.45, 7) is 5.75. The van der Waals surface area contributed by atoms with E-state index in [0.29, 0.717) is 23.5 Å². The third-order valence-corrected chi connectivity index (χ3v) is 5.63. The molecule has 0 radical (unpaired) electrons. The Morgan fingerprint density at radius 3 is 2.31 bits per heavy atom. The monoisotopic (exact) mass is 247 g/mol. The second-order valence-electron chi connectivity index (χ2n) is 5.04. The fraction of sp³-hybridized carbons (Fsp3) is 1.00. The summed E-state index contributed by atoms with van der Waals surface area (Å²) >= 11 is 0. The summed E-state index contributed by atoms with van der Waals surface area (Å²) in [5.41, 5.74) is 0.481. The predicted molar refractivity (Wildman–Crippen MR) is 68.4 cm³/mol. The van der Waals surface area contributed by atoms with Crippen LogP contribution in [0.1, 0.15) is 46.0 Å². The van der Waals surface area contributed by atoms with Crippen molar-refractivity contribution in [3.63, 3.8) is 0 Å². The van der Waals surface area contributed by atoms with Crippen LogP contribution in [0.3, 0.4) is 0 Å². The number of hydrogen-bond donors (Lipinski definition) is 1. The van der Waals surface area contributed by atoms with Gasteiger partial charge in [-0.1, -0.05) is 20.3 Å². The topological polar surface area (TPSA) is 46.2 Å². The van der Waals surface area contributed by atoms with E-state index in [4.69, 9.17) is 0 Å². The Morgan fingerprint density at radius 1 is 1.19 bits per heavy atom. The van der Waals surface area contributed by atoms with E-state index < -0.39 is 9.84 Å². The SMILES string of the molecule is CCCS(=O)(=O)CCNCC1(CC)CCC1. The Labute approximate surface area is 99.9 Å². The molecule has 0 heterocycles. The molecule has 0 saturated heterocycles. The second-order valence-corrected chi connectivity index (χ2v) is 7.34. The Hall–Kier alpha value is -0.0900. The highest BCUT2D eigenvalue weighted by Gasteiger charge is 2.34. The zero-order chi connectivity index (χ0) is 12.1. The van der Waals surface area contributed by atoms with Gasteiger partial charge in [-0.15, -0.1) is 0 Å². The molecule has 0 bridgehead atoms. The highest BCUT2D eigenvalue weighted by Crippen LogP contribution is 2.42. The minimum atomic E-state index is -2.81. The summed E-state index contributed by atoms with van der Waals surface area (Å²) in [6.07, 6.45) is 5.88. The van der Waals surface area contributed by atoms with Crippen molar-refractivity contribution in [2.45, 2.75) is 46.0 Å². The van der Waals surface area contributed by atoms with Crippen molar-refractivity contribution in [2.24, 2.45) is 5.41 Å². The van der Waals surface area contributed by atoms with E-state index in [1.165, 1.54) is 25.7 Å². The number of nitrogens with one attached hydrogen (secondary N) is 1. The van der Waals surface area contributed by atoms with Gasteiger partial charge in [0.2, 0.25) is 0 Å². The summed E-state index contributed by atoms with van der Waals surface area (Å²) in [5.74, 6) is 0.619. The van der Waals surface area contributed by atoms with Gasteiger partial charge in [-0.2, -0.15) is 0 Å². The molecule has 4 heteroatoms. The first-order chi connectivity index (χ1) is 7.54. The lowest BCUT2D eigenvalue weighted by Crippen LogP contribution is -2.40. The van der Waals surface area contributed by atoms with Gasteiger partial charge in [0.1, 0.15) is 0 Å². The van der Waals surface area contributed by atoms with Crippen molar-refractivity contribution < 1.29 is 8.42 Å². The molecule has 3 nitrogen and oxygen atoms in total. The minimum absolute atomic E-state index is 0.292. The Kier molecular flexibility index (Phi) is 5.25. The van der Waals surface area contributed by atoms with Gasteiger partial charge in [0.05, 0.1) is 5.75 Å². The Morgan fingerprint density at radius 2 is 1.88 bits per heavy atom. The quantitative estimate of drug-likeness (QED) is 0.667. The highest BCUT2D eigenvalue weighted by molar-refractivity contribution is 7.91. The van der Waals surface area contributed by atoms with Crippen LogP contribution in [-0.2, 0) is 9.84 Å². The molecule has 0 aromatic rings. The van der Waals surface area contributed by atoms with E-state index in [1.54, 1.807) is 0 Å². The molecule has 0 aliphatic heterocycles.